The predicted molar refractivity (Wildman–Crippen MR) is 133 cm³/mol. The third-order valence-corrected chi connectivity index (χ3v) is 5.16. The highest BCUT2D eigenvalue weighted by molar-refractivity contribution is 14.0. The largest absolute Gasteiger partial charge is 0.492 e. The van der Waals surface area contributed by atoms with E-state index in [0.717, 1.165) is 36.1 Å². The Hall–Kier alpha value is -2.00. The van der Waals surface area contributed by atoms with E-state index < -0.39 is 0 Å². The topological polar surface area (TPSA) is 74.8 Å². The Morgan fingerprint density at radius 3 is 2.60 bits per heavy atom. The Balaban J connectivity index is 0.00000320. The molecule has 6 nitrogen and oxygen atoms in total. The van der Waals surface area contributed by atoms with Gasteiger partial charge in [0.15, 0.2) is 5.96 Å². The lowest BCUT2D eigenvalue weighted by molar-refractivity contribution is -0.114. The molecule has 0 saturated heterocycles. The van der Waals surface area contributed by atoms with Crippen molar-refractivity contribution in [1.82, 2.24) is 10.6 Å². The molecule has 0 heterocycles. The second-order valence-electron chi connectivity index (χ2n) is 7.20. The highest BCUT2D eigenvalue weighted by Gasteiger charge is 2.44. The van der Waals surface area contributed by atoms with Crippen LogP contribution in [-0.4, -0.2) is 38.6 Å². The fourth-order valence-corrected chi connectivity index (χ4v) is 3.41. The second-order valence-corrected chi connectivity index (χ2v) is 7.64. The predicted octanol–water partition coefficient (Wildman–Crippen LogP) is 4.19. The Morgan fingerprint density at radius 1 is 1.17 bits per heavy atom. The van der Waals surface area contributed by atoms with Gasteiger partial charge in [0.2, 0.25) is 5.91 Å². The van der Waals surface area contributed by atoms with E-state index in [1.807, 2.05) is 30.3 Å². The Morgan fingerprint density at radius 2 is 1.93 bits per heavy atom. The van der Waals surface area contributed by atoms with Gasteiger partial charge in [0.25, 0.3) is 0 Å². The van der Waals surface area contributed by atoms with Crippen molar-refractivity contribution in [1.29, 1.82) is 0 Å². The third-order valence-electron chi connectivity index (χ3n) is 4.93. The second kappa shape index (κ2) is 11.4. The van der Waals surface area contributed by atoms with E-state index in [2.05, 4.69) is 33.1 Å². The van der Waals surface area contributed by atoms with Gasteiger partial charge in [-0.1, -0.05) is 29.8 Å². The molecule has 0 bridgehead atoms. The summed E-state index contributed by atoms with van der Waals surface area (Å²) < 4.78 is 5.75. The number of anilines is 1. The van der Waals surface area contributed by atoms with E-state index in [9.17, 15) is 4.79 Å². The number of nitrogens with zero attached hydrogens (tertiary/aromatic N) is 1. The molecule has 1 aliphatic rings. The number of ether oxygens (including phenoxy) is 1. The maximum atomic E-state index is 11.1. The van der Waals surface area contributed by atoms with Crippen molar-refractivity contribution in [2.24, 2.45) is 4.99 Å². The van der Waals surface area contributed by atoms with Crippen LogP contribution >= 0.6 is 35.6 Å². The molecule has 162 valence electrons. The minimum atomic E-state index is -0.107. The van der Waals surface area contributed by atoms with E-state index in [1.165, 1.54) is 12.5 Å². The first-order valence-corrected chi connectivity index (χ1v) is 10.1. The number of nitrogens with one attached hydrogen (secondary N) is 3. The van der Waals surface area contributed by atoms with Gasteiger partial charge in [0.05, 0.1) is 6.54 Å². The zero-order valence-corrected chi connectivity index (χ0v) is 20.3. The lowest BCUT2D eigenvalue weighted by atomic mass is 9.96. The molecule has 0 aromatic heterocycles. The van der Waals surface area contributed by atoms with Crippen molar-refractivity contribution in [2.45, 2.75) is 25.2 Å². The number of rotatable bonds is 8. The van der Waals surface area contributed by atoms with Gasteiger partial charge >= 0.3 is 0 Å². The van der Waals surface area contributed by atoms with Crippen LogP contribution in [0.1, 0.15) is 25.3 Å². The molecule has 1 fully saturated rings. The standard InChI is InChI=1S/C22H27ClN4O2.HI/c1-16(28)27-19-7-4-8-20(14-19)29-12-11-25-21(24-2)26-15-22(9-10-22)17-5-3-6-18(23)13-17;/h3-8,13-14H,9-12,15H2,1-2H3,(H,27,28)(H2,24,25,26);1H. The third kappa shape index (κ3) is 7.05. The minimum absolute atomic E-state index is 0. The summed E-state index contributed by atoms with van der Waals surface area (Å²) in [6, 6.07) is 15.4. The van der Waals surface area contributed by atoms with Gasteiger partial charge in [-0.3, -0.25) is 9.79 Å². The number of aliphatic imine (C=N–C) groups is 1. The number of guanidine groups is 1. The molecule has 0 atom stereocenters. The molecule has 8 heteroatoms. The molecular formula is C22H28ClIN4O2. The number of hydrogen-bond acceptors (Lipinski definition) is 3. The van der Waals surface area contributed by atoms with Crippen molar-refractivity contribution < 1.29 is 9.53 Å². The van der Waals surface area contributed by atoms with Gasteiger partial charge < -0.3 is 20.7 Å². The lowest BCUT2D eigenvalue weighted by Gasteiger charge is -2.19. The van der Waals surface area contributed by atoms with Crippen LogP contribution in [0.5, 0.6) is 5.75 Å². The number of amides is 1. The molecule has 1 amide bonds. The molecule has 1 aliphatic carbocycles. The molecule has 0 spiro atoms. The maximum Gasteiger partial charge on any atom is 0.221 e. The number of hydrogen-bond donors (Lipinski definition) is 3. The Kier molecular flexibility index (Phi) is 9.23. The molecule has 0 unspecified atom stereocenters. The summed E-state index contributed by atoms with van der Waals surface area (Å²) in [5.41, 5.74) is 2.13. The number of carbonyl (C=O) groups excluding carboxylic acids is 1. The molecule has 2 aromatic carbocycles. The highest BCUT2D eigenvalue weighted by Crippen LogP contribution is 2.48. The quantitative estimate of drug-likeness (QED) is 0.202. The van der Waals surface area contributed by atoms with Crippen molar-refractivity contribution in [3.05, 3.63) is 59.1 Å². The molecular weight excluding hydrogens is 515 g/mol. The van der Waals surface area contributed by atoms with Crippen molar-refractivity contribution in [3.63, 3.8) is 0 Å². The number of carbonyl (C=O) groups is 1. The van der Waals surface area contributed by atoms with Crippen LogP contribution in [0.3, 0.4) is 0 Å². The normalized spacial score (nSPS) is 14.3. The van der Waals surface area contributed by atoms with Crippen molar-refractivity contribution >= 4 is 53.1 Å². The maximum absolute atomic E-state index is 11.1. The van der Waals surface area contributed by atoms with Crippen LogP contribution in [0.25, 0.3) is 0 Å². The van der Waals surface area contributed by atoms with Crippen molar-refractivity contribution in [2.75, 3.05) is 32.1 Å². The van der Waals surface area contributed by atoms with Gasteiger partial charge in [-0.15, -0.1) is 24.0 Å². The number of halogens is 2. The summed E-state index contributed by atoms with van der Waals surface area (Å²) in [6.45, 7) is 3.37. The van der Waals surface area contributed by atoms with Crippen LogP contribution in [0.4, 0.5) is 5.69 Å². The Bertz CT molecular complexity index is 887. The first-order chi connectivity index (χ1) is 14.0. The van der Waals surface area contributed by atoms with Crippen LogP contribution in [-0.2, 0) is 10.2 Å². The summed E-state index contributed by atoms with van der Waals surface area (Å²) in [4.78, 5) is 15.4. The first-order valence-electron chi connectivity index (χ1n) is 9.72. The van der Waals surface area contributed by atoms with Crippen LogP contribution < -0.4 is 20.7 Å². The molecule has 3 rings (SSSR count). The summed E-state index contributed by atoms with van der Waals surface area (Å²) in [6.07, 6.45) is 2.29. The average Bonchev–Trinajstić information content (AvgIpc) is 3.48. The smallest absolute Gasteiger partial charge is 0.221 e. The van der Waals surface area contributed by atoms with Gasteiger partial charge in [0.1, 0.15) is 12.4 Å². The molecule has 0 aliphatic heterocycles. The molecule has 3 N–H and O–H groups in total. The molecule has 30 heavy (non-hydrogen) atoms. The van der Waals surface area contributed by atoms with E-state index in [1.54, 1.807) is 13.1 Å². The van der Waals surface area contributed by atoms with Crippen LogP contribution in [0.15, 0.2) is 53.5 Å². The van der Waals surface area contributed by atoms with Crippen LogP contribution in [0, 0.1) is 0 Å². The van der Waals surface area contributed by atoms with Crippen LogP contribution in [0.2, 0.25) is 5.02 Å². The van der Waals surface area contributed by atoms with Gasteiger partial charge in [-0.2, -0.15) is 0 Å². The van der Waals surface area contributed by atoms with E-state index >= 15 is 0 Å². The van der Waals surface area contributed by atoms with Gasteiger partial charge in [0, 0.05) is 42.7 Å². The summed E-state index contributed by atoms with van der Waals surface area (Å²) in [5.74, 6) is 1.35. The summed E-state index contributed by atoms with van der Waals surface area (Å²) in [7, 11) is 1.76. The Labute approximate surface area is 199 Å². The average molecular weight is 543 g/mol. The van der Waals surface area contributed by atoms with Gasteiger partial charge in [-0.25, -0.2) is 0 Å². The van der Waals surface area contributed by atoms with Gasteiger partial charge in [-0.05, 0) is 42.7 Å². The highest BCUT2D eigenvalue weighted by atomic mass is 127. The van der Waals surface area contributed by atoms with Crippen molar-refractivity contribution in [3.8, 4) is 5.75 Å². The summed E-state index contributed by atoms with van der Waals surface area (Å²) >= 11 is 6.15. The first kappa shape index (κ1) is 24.3. The molecule has 1 saturated carbocycles. The monoisotopic (exact) mass is 542 g/mol. The SMILES string of the molecule is CN=C(NCCOc1cccc(NC(C)=O)c1)NCC1(c2cccc(Cl)c2)CC1.I. The van der Waals surface area contributed by atoms with E-state index in [4.69, 9.17) is 16.3 Å². The zero-order valence-electron chi connectivity index (χ0n) is 17.2. The lowest BCUT2D eigenvalue weighted by Crippen LogP contribution is -2.42. The molecule has 2 aromatic rings. The fourth-order valence-electron chi connectivity index (χ4n) is 3.22. The van der Waals surface area contributed by atoms with E-state index in [0.29, 0.717) is 18.9 Å². The molecule has 0 radical (unpaired) electrons. The number of benzene rings is 2. The summed E-state index contributed by atoms with van der Waals surface area (Å²) in [5, 5.41) is 10.2. The minimum Gasteiger partial charge on any atom is -0.492 e. The zero-order chi connectivity index (χ0) is 20.7. The fraction of sp³-hybridized carbons (Fsp3) is 0.364. The van der Waals surface area contributed by atoms with E-state index in [-0.39, 0.29) is 35.3 Å².